The molecule has 1 heterocycles. The lowest BCUT2D eigenvalue weighted by molar-refractivity contribution is 0.350. The van der Waals surface area contributed by atoms with Gasteiger partial charge in [-0.2, -0.15) is 0 Å². The number of H-pyrrole nitrogens is 1. The van der Waals surface area contributed by atoms with E-state index in [9.17, 15) is 9.90 Å². The third kappa shape index (κ3) is 2.75. The van der Waals surface area contributed by atoms with E-state index in [4.69, 9.17) is 0 Å². The van der Waals surface area contributed by atoms with Gasteiger partial charge in [0.2, 0.25) is 0 Å². The SMILES string of the molecule is O=c1[nH]c2ccccc2nc1/C(=C/c1ccccc1)CO. The van der Waals surface area contributed by atoms with Crippen molar-refractivity contribution < 1.29 is 5.11 Å². The number of benzene rings is 2. The predicted molar refractivity (Wildman–Crippen MR) is 83.8 cm³/mol. The van der Waals surface area contributed by atoms with Gasteiger partial charge < -0.3 is 10.1 Å². The van der Waals surface area contributed by atoms with E-state index < -0.39 is 0 Å². The van der Waals surface area contributed by atoms with Gasteiger partial charge in [0.15, 0.2) is 0 Å². The zero-order valence-corrected chi connectivity index (χ0v) is 11.3. The molecule has 0 radical (unpaired) electrons. The molecule has 0 saturated carbocycles. The normalized spacial score (nSPS) is 11.8. The molecule has 21 heavy (non-hydrogen) atoms. The molecular weight excluding hydrogens is 264 g/mol. The summed E-state index contributed by atoms with van der Waals surface area (Å²) >= 11 is 0. The Morgan fingerprint density at radius 1 is 1.10 bits per heavy atom. The molecule has 104 valence electrons. The second kappa shape index (κ2) is 5.73. The van der Waals surface area contributed by atoms with Gasteiger partial charge in [-0.25, -0.2) is 4.98 Å². The minimum Gasteiger partial charge on any atom is -0.392 e. The number of para-hydroxylation sites is 2. The van der Waals surface area contributed by atoms with E-state index in [0.717, 1.165) is 5.56 Å². The predicted octanol–water partition coefficient (Wildman–Crippen LogP) is 2.46. The van der Waals surface area contributed by atoms with Crippen molar-refractivity contribution in [1.82, 2.24) is 9.97 Å². The largest absolute Gasteiger partial charge is 0.392 e. The van der Waals surface area contributed by atoms with Crippen molar-refractivity contribution in [2.24, 2.45) is 0 Å². The maximum Gasteiger partial charge on any atom is 0.274 e. The van der Waals surface area contributed by atoms with Crippen LogP contribution in [0.1, 0.15) is 11.3 Å². The average Bonchev–Trinajstić information content (AvgIpc) is 2.53. The van der Waals surface area contributed by atoms with Crippen LogP contribution in [0.15, 0.2) is 59.4 Å². The number of fused-ring (bicyclic) bond motifs is 1. The molecule has 0 bridgehead atoms. The molecule has 2 aromatic carbocycles. The van der Waals surface area contributed by atoms with Crippen molar-refractivity contribution in [1.29, 1.82) is 0 Å². The molecule has 0 fully saturated rings. The highest BCUT2D eigenvalue weighted by Crippen LogP contribution is 2.15. The van der Waals surface area contributed by atoms with Crippen molar-refractivity contribution in [3.8, 4) is 0 Å². The monoisotopic (exact) mass is 278 g/mol. The molecule has 0 aliphatic heterocycles. The van der Waals surface area contributed by atoms with E-state index in [1.807, 2.05) is 48.5 Å². The molecule has 0 unspecified atom stereocenters. The Labute approximate surface area is 121 Å². The lowest BCUT2D eigenvalue weighted by atomic mass is 10.1. The summed E-state index contributed by atoms with van der Waals surface area (Å²) in [5, 5.41) is 9.58. The first-order chi connectivity index (χ1) is 10.3. The molecule has 0 amide bonds. The van der Waals surface area contributed by atoms with Crippen molar-refractivity contribution >= 4 is 22.7 Å². The van der Waals surface area contributed by atoms with Crippen LogP contribution < -0.4 is 5.56 Å². The van der Waals surface area contributed by atoms with Crippen LogP contribution in [0.5, 0.6) is 0 Å². The van der Waals surface area contributed by atoms with E-state index in [-0.39, 0.29) is 17.9 Å². The lowest BCUT2D eigenvalue weighted by Crippen LogP contribution is -2.15. The highest BCUT2D eigenvalue weighted by Gasteiger charge is 2.09. The number of aliphatic hydroxyl groups excluding tert-OH is 1. The van der Waals surface area contributed by atoms with Crippen LogP contribution in [-0.2, 0) is 0 Å². The minimum atomic E-state index is -0.301. The van der Waals surface area contributed by atoms with Crippen molar-refractivity contribution in [2.45, 2.75) is 0 Å². The molecule has 0 spiro atoms. The standard InChI is InChI=1S/C17H14N2O2/c20-11-13(10-12-6-2-1-3-7-12)16-17(21)19-15-9-5-4-8-14(15)18-16/h1-10,20H,11H2,(H,19,21)/b13-10+. The van der Waals surface area contributed by atoms with Gasteiger partial charge in [0.25, 0.3) is 5.56 Å². The number of aliphatic hydroxyl groups is 1. The first-order valence-corrected chi connectivity index (χ1v) is 6.64. The second-order valence-corrected chi connectivity index (χ2v) is 4.67. The summed E-state index contributed by atoms with van der Waals surface area (Å²) in [6.45, 7) is -0.247. The van der Waals surface area contributed by atoms with Crippen LogP contribution in [0, 0.1) is 0 Å². The van der Waals surface area contributed by atoms with Crippen molar-refractivity contribution in [3.05, 3.63) is 76.2 Å². The number of hydrogen-bond donors (Lipinski definition) is 2. The number of hydrogen-bond acceptors (Lipinski definition) is 3. The second-order valence-electron chi connectivity index (χ2n) is 4.67. The van der Waals surface area contributed by atoms with Gasteiger partial charge in [0, 0.05) is 5.57 Å². The average molecular weight is 278 g/mol. The molecule has 3 rings (SSSR count). The highest BCUT2D eigenvalue weighted by atomic mass is 16.3. The third-order valence-electron chi connectivity index (χ3n) is 3.21. The molecule has 4 nitrogen and oxygen atoms in total. The number of aromatic amines is 1. The fourth-order valence-electron chi connectivity index (χ4n) is 2.19. The number of aromatic nitrogens is 2. The summed E-state index contributed by atoms with van der Waals surface area (Å²) in [4.78, 5) is 19.3. The summed E-state index contributed by atoms with van der Waals surface area (Å²) < 4.78 is 0. The zero-order chi connectivity index (χ0) is 14.7. The summed E-state index contributed by atoms with van der Waals surface area (Å²) in [7, 11) is 0. The number of nitrogens with one attached hydrogen (secondary N) is 1. The summed E-state index contributed by atoms with van der Waals surface area (Å²) in [5.41, 5.74) is 2.73. The highest BCUT2D eigenvalue weighted by molar-refractivity contribution is 5.83. The van der Waals surface area contributed by atoms with Crippen LogP contribution >= 0.6 is 0 Å². The van der Waals surface area contributed by atoms with E-state index in [1.165, 1.54) is 0 Å². The summed E-state index contributed by atoms with van der Waals surface area (Å²) in [6.07, 6.45) is 1.77. The van der Waals surface area contributed by atoms with Gasteiger partial charge in [-0.1, -0.05) is 42.5 Å². The van der Waals surface area contributed by atoms with Crippen LogP contribution in [0.25, 0.3) is 22.7 Å². The fraction of sp³-hybridized carbons (Fsp3) is 0.0588. The quantitative estimate of drug-likeness (QED) is 0.773. The zero-order valence-electron chi connectivity index (χ0n) is 11.3. The van der Waals surface area contributed by atoms with Gasteiger partial charge in [-0.3, -0.25) is 4.79 Å². The smallest absolute Gasteiger partial charge is 0.274 e. The van der Waals surface area contributed by atoms with Crippen LogP contribution in [0.2, 0.25) is 0 Å². The molecule has 4 heteroatoms. The molecule has 2 N–H and O–H groups in total. The van der Waals surface area contributed by atoms with E-state index in [1.54, 1.807) is 12.1 Å². The van der Waals surface area contributed by atoms with Crippen LogP contribution in [-0.4, -0.2) is 21.7 Å². The van der Waals surface area contributed by atoms with Crippen LogP contribution in [0.4, 0.5) is 0 Å². The molecule has 3 aromatic rings. The molecule has 0 saturated heterocycles. The molecular formula is C17H14N2O2. The molecule has 1 aromatic heterocycles. The van der Waals surface area contributed by atoms with Gasteiger partial charge in [-0.05, 0) is 23.8 Å². The Hall–Kier alpha value is -2.72. The third-order valence-corrected chi connectivity index (χ3v) is 3.21. The van der Waals surface area contributed by atoms with Crippen LogP contribution in [0.3, 0.4) is 0 Å². The van der Waals surface area contributed by atoms with Gasteiger partial charge in [-0.15, -0.1) is 0 Å². The van der Waals surface area contributed by atoms with Gasteiger partial charge >= 0.3 is 0 Å². The molecule has 0 atom stereocenters. The van der Waals surface area contributed by atoms with Crippen molar-refractivity contribution in [2.75, 3.05) is 6.61 Å². The Bertz CT molecular complexity index is 851. The number of rotatable bonds is 3. The Kier molecular flexibility index (Phi) is 3.62. The van der Waals surface area contributed by atoms with E-state index >= 15 is 0 Å². The molecule has 0 aliphatic rings. The number of nitrogens with zero attached hydrogens (tertiary/aromatic N) is 1. The first kappa shape index (κ1) is 13.3. The maximum atomic E-state index is 12.2. The summed E-state index contributed by atoms with van der Waals surface area (Å²) in [6, 6.07) is 16.9. The Morgan fingerprint density at radius 3 is 2.57 bits per heavy atom. The topological polar surface area (TPSA) is 66.0 Å². The minimum absolute atomic E-state index is 0.247. The lowest BCUT2D eigenvalue weighted by Gasteiger charge is -2.05. The van der Waals surface area contributed by atoms with Gasteiger partial charge in [0.1, 0.15) is 5.69 Å². The maximum absolute atomic E-state index is 12.2. The first-order valence-electron chi connectivity index (χ1n) is 6.64. The van der Waals surface area contributed by atoms with Gasteiger partial charge in [0.05, 0.1) is 17.6 Å². The summed E-state index contributed by atoms with van der Waals surface area (Å²) in [5.74, 6) is 0. The Morgan fingerprint density at radius 2 is 1.81 bits per heavy atom. The van der Waals surface area contributed by atoms with E-state index in [2.05, 4.69) is 9.97 Å². The fourth-order valence-corrected chi connectivity index (χ4v) is 2.19. The Balaban J connectivity index is 2.15. The molecule has 0 aliphatic carbocycles. The van der Waals surface area contributed by atoms with Crippen molar-refractivity contribution in [3.63, 3.8) is 0 Å². The van der Waals surface area contributed by atoms with E-state index in [0.29, 0.717) is 16.6 Å².